The van der Waals surface area contributed by atoms with Gasteiger partial charge in [-0.25, -0.2) is 8.42 Å². The maximum Gasteiger partial charge on any atom is 0.241 e. The zero-order chi connectivity index (χ0) is 17.4. The summed E-state index contributed by atoms with van der Waals surface area (Å²) in [5, 5.41) is 13.1. The monoisotopic (exact) mass is 368 g/mol. The summed E-state index contributed by atoms with van der Waals surface area (Å²) in [6.07, 6.45) is 1.54. The van der Waals surface area contributed by atoms with Gasteiger partial charge < -0.3 is 14.0 Å². The molecule has 0 saturated carbocycles. The van der Waals surface area contributed by atoms with Crippen molar-refractivity contribution in [2.45, 2.75) is 18.6 Å². The van der Waals surface area contributed by atoms with Crippen LogP contribution >= 0.6 is 0 Å². The lowest BCUT2D eigenvalue weighted by Crippen LogP contribution is -2.59. The van der Waals surface area contributed by atoms with Crippen LogP contribution in [0.4, 0.5) is 0 Å². The summed E-state index contributed by atoms with van der Waals surface area (Å²) in [5.41, 5.74) is 0. The van der Waals surface area contributed by atoms with Crippen LogP contribution in [0.3, 0.4) is 0 Å². The van der Waals surface area contributed by atoms with E-state index in [9.17, 15) is 13.5 Å². The van der Waals surface area contributed by atoms with Crippen molar-refractivity contribution in [3.05, 3.63) is 24.3 Å². The molecule has 0 radical (unpaired) electrons. The molecule has 2 atom stereocenters. The van der Waals surface area contributed by atoms with E-state index in [0.717, 1.165) is 0 Å². The van der Waals surface area contributed by atoms with E-state index in [2.05, 4.69) is 19.9 Å². The van der Waals surface area contributed by atoms with Crippen LogP contribution in [-0.2, 0) is 16.4 Å². The maximum absolute atomic E-state index is 12.1. The van der Waals surface area contributed by atoms with Crippen LogP contribution < -0.4 is 0 Å². The van der Waals surface area contributed by atoms with E-state index >= 15 is 0 Å². The van der Waals surface area contributed by atoms with Crippen molar-refractivity contribution < 1.29 is 22.5 Å². The van der Waals surface area contributed by atoms with Gasteiger partial charge in [0.1, 0.15) is 0 Å². The van der Waals surface area contributed by atoms with Crippen LogP contribution in [0, 0.1) is 0 Å². The first kappa shape index (κ1) is 16.7. The molecule has 0 bridgehead atoms. The molecule has 10 heteroatoms. The zero-order valence-electron chi connectivity index (χ0n) is 13.6. The van der Waals surface area contributed by atoms with Gasteiger partial charge in [0.15, 0.2) is 15.6 Å². The highest BCUT2D eigenvalue weighted by Gasteiger charge is 2.46. The van der Waals surface area contributed by atoms with Crippen molar-refractivity contribution in [1.29, 1.82) is 0 Å². The summed E-state index contributed by atoms with van der Waals surface area (Å²) in [7, 11) is -3.08. The predicted molar refractivity (Wildman–Crippen MR) is 87.3 cm³/mol. The summed E-state index contributed by atoms with van der Waals surface area (Å²) < 4.78 is 34.8. The quantitative estimate of drug-likeness (QED) is 0.753. The molecular weight excluding hydrogens is 348 g/mol. The molecule has 25 heavy (non-hydrogen) atoms. The fraction of sp³-hybridized carbons (Fsp3) is 0.600. The van der Waals surface area contributed by atoms with Crippen LogP contribution in [0.1, 0.15) is 5.89 Å². The second-order valence-corrected chi connectivity index (χ2v) is 8.58. The van der Waals surface area contributed by atoms with Gasteiger partial charge in [0.2, 0.25) is 11.7 Å². The van der Waals surface area contributed by atoms with E-state index in [0.29, 0.717) is 43.7 Å². The average Bonchev–Trinajstić information content (AvgIpc) is 3.28. The number of β-amino-alcohol motifs (C(OH)–C–C–N with tert-alkyl or cyclic N) is 1. The van der Waals surface area contributed by atoms with E-state index < -0.39 is 9.84 Å². The average molecular weight is 368 g/mol. The number of aliphatic hydroxyl groups is 1. The minimum absolute atomic E-state index is 0.0272. The molecule has 2 aliphatic heterocycles. The number of hydrogen-bond donors (Lipinski definition) is 1. The molecular formula is C15H20N4O5S. The molecule has 2 fully saturated rings. The van der Waals surface area contributed by atoms with Crippen molar-refractivity contribution in [2.24, 2.45) is 0 Å². The number of rotatable bonds is 5. The molecule has 4 rings (SSSR count). The zero-order valence-corrected chi connectivity index (χ0v) is 14.4. The van der Waals surface area contributed by atoms with Crippen molar-refractivity contribution >= 4 is 9.84 Å². The Balaban J connectivity index is 1.51. The Bertz CT molecular complexity index is 819. The first-order valence-corrected chi connectivity index (χ1v) is 10.0. The number of piperazine rings is 1. The fourth-order valence-corrected chi connectivity index (χ4v) is 5.74. The lowest BCUT2D eigenvalue weighted by Gasteiger charge is -2.43. The molecule has 1 N–H and O–H groups in total. The predicted octanol–water partition coefficient (Wildman–Crippen LogP) is -0.395. The third kappa shape index (κ3) is 3.34. The van der Waals surface area contributed by atoms with E-state index in [1.165, 1.54) is 0 Å². The summed E-state index contributed by atoms with van der Waals surface area (Å²) in [6.45, 7) is 2.32. The van der Waals surface area contributed by atoms with E-state index in [4.69, 9.17) is 8.94 Å². The Hall–Kier alpha value is -1.75. The van der Waals surface area contributed by atoms with E-state index in [1.54, 1.807) is 18.4 Å². The number of aliphatic hydroxyl groups excluding tert-OH is 1. The van der Waals surface area contributed by atoms with E-state index in [1.807, 2.05) is 0 Å². The highest BCUT2D eigenvalue weighted by molar-refractivity contribution is 7.91. The molecule has 136 valence electrons. The third-order valence-electron chi connectivity index (χ3n) is 4.84. The Morgan fingerprint density at radius 2 is 2.00 bits per heavy atom. The van der Waals surface area contributed by atoms with Gasteiger partial charge in [-0.15, -0.1) is 0 Å². The van der Waals surface area contributed by atoms with Crippen molar-refractivity contribution in [1.82, 2.24) is 19.9 Å². The largest absolute Gasteiger partial charge is 0.461 e. The second kappa shape index (κ2) is 6.52. The molecule has 2 aromatic rings. The topological polar surface area (TPSA) is 113 Å². The molecule has 9 nitrogen and oxygen atoms in total. The molecule has 4 heterocycles. The van der Waals surface area contributed by atoms with Gasteiger partial charge in [0.25, 0.3) is 0 Å². The van der Waals surface area contributed by atoms with Gasteiger partial charge in [-0.3, -0.25) is 9.80 Å². The van der Waals surface area contributed by atoms with Gasteiger partial charge >= 0.3 is 0 Å². The number of nitrogens with zero attached hydrogens (tertiary/aromatic N) is 4. The standard InChI is InChI=1S/C15H20N4O5S/c20-6-5-18-3-4-19(12-10-25(21,22)9-11(12)18)8-14-16-15(17-24-14)13-2-1-7-23-13/h1-2,7,11-12,20H,3-6,8-10H2/t11-,12+/m0/s1. The lowest BCUT2D eigenvalue weighted by atomic mass is 10.0. The smallest absolute Gasteiger partial charge is 0.241 e. The second-order valence-electron chi connectivity index (χ2n) is 6.43. The first-order valence-electron chi connectivity index (χ1n) is 8.21. The SMILES string of the molecule is O=S1(=O)C[C@@H]2[C@H](C1)N(CCO)CCN2Cc1nc(-c2ccco2)no1. The minimum Gasteiger partial charge on any atom is -0.461 e. The van der Waals surface area contributed by atoms with Crippen molar-refractivity contribution in [2.75, 3.05) is 37.7 Å². The molecule has 0 aromatic carbocycles. The van der Waals surface area contributed by atoms with Crippen LogP contribution in [0.5, 0.6) is 0 Å². The van der Waals surface area contributed by atoms with Crippen LogP contribution in [0.2, 0.25) is 0 Å². The number of furan rings is 1. The van der Waals surface area contributed by atoms with E-state index in [-0.39, 0.29) is 30.2 Å². The van der Waals surface area contributed by atoms with Crippen molar-refractivity contribution in [3.8, 4) is 11.6 Å². The Morgan fingerprint density at radius 3 is 2.72 bits per heavy atom. The molecule has 2 aliphatic rings. The van der Waals surface area contributed by atoms with Crippen LogP contribution in [-0.4, -0.2) is 83.3 Å². The summed E-state index contributed by atoms with van der Waals surface area (Å²) in [6, 6.07) is 3.28. The van der Waals surface area contributed by atoms with Crippen LogP contribution in [0.25, 0.3) is 11.6 Å². The van der Waals surface area contributed by atoms with Gasteiger partial charge in [0, 0.05) is 31.7 Å². The number of aromatic nitrogens is 2. The number of sulfone groups is 1. The van der Waals surface area contributed by atoms with Gasteiger partial charge in [-0.1, -0.05) is 5.16 Å². The Kier molecular flexibility index (Phi) is 4.36. The number of hydrogen-bond acceptors (Lipinski definition) is 9. The summed E-state index contributed by atoms with van der Waals surface area (Å²) in [5.74, 6) is 1.61. The highest BCUT2D eigenvalue weighted by atomic mass is 32.2. The Labute approximate surface area is 145 Å². The molecule has 0 amide bonds. The summed E-state index contributed by atoms with van der Waals surface area (Å²) in [4.78, 5) is 8.49. The normalized spacial score (nSPS) is 26.8. The molecule has 0 aliphatic carbocycles. The molecule has 2 aromatic heterocycles. The number of fused-ring (bicyclic) bond motifs is 1. The van der Waals surface area contributed by atoms with Gasteiger partial charge in [0.05, 0.1) is 30.9 Å². The van der Waals surface area contributed by atoms with Gasteiger partial charge in [-0.05, 0) is 12.1 Å². The fourth-order valence-electron chi connectivity index (χ4n) is 3.70. The van der Waals surface area contributed by atoms with Gasteiger partial charge in [-0.2, -0.15) is 4.98 Å². The van der Waals surface area contributed by atoms with Crippen LogP contribution in [0.15, 0.2) is 27.3 Å². The minimum atomic E-state index is -3.08. The summed E-state index contributed by atoms with van der Waals surface area (Å²) >= 11 is 0. The van der Waals surface area contributed by atoms with Crippen molar-refractivity contribution in [3.63, 3.8) is 0 Å². The molecule has 0 spiro atoms. The maximum atomic E-state index is 12.1. The Morgan fingerprint density at radius 1 is 1.24 bits per heavy atom. The highest BCUT2D eigenvalue weighted by Crippen LogP contribution is 2.28. The first-order chi connectivity index (χ1) is 12.1. The molecule has 0 unspecified atom stereocenters. The molecule has 2 saturated heterocycles. The lowest BCUT2D eigenvalue weighted by molar-refractivity contribution is 0.0254. The third-order valence-corrected chi connectivity index (χ3v) is 6.54.